The first-order valence-corrected chi connectivity index (χ1v) is 9.63. The number of carbonyl (C=O) groups is 1. The lowest BCUT2D eigenvalue weighted by molar-refractivity contribution is -0.121. The van der Waals surface area contributed by atoms with Gasteiger partial charge >= 0.3 is 0 Å². The fourth-order valence-electron chi connectivity index (χ4n) is 6.12. The molecule has 3 aliphatic rings. The molecule has 4 nitrogen and oxygen atoms in total. The summed E-state index contributed by atoms with van der Waals surface area (Å²) in [6.45, 7) is 6.62. The molecule has 2 saturated carbocycles. The first-order valence-electron chi connectivity index (χ1n) is 9.63. The van der Waals surface area contributed by atoms with Crippen LogP contribution >= 0.6 is 0 Å². The Morgan fingerprint density at radius 1 is 1.15 bits per heavy atom. The Kier molecular flexibility index (Phi) is 3.12. The van der Waals surface area contributed by atoms with Gasteiger partial charge in [0.1, 0.15) is 28.4 Å². The Bertz CT molecular complexity index is 962. The van der Waals surface area contributed by atoms with Crippen molar-refractivity contribution in [2.75, 3.05) is 0 Å². The predicted octanol–water partition coefficient (Wildman–Crippen LogP) is 4.63. The fraction of sp³-hybridized carbons (Fsp3) is 0.435. The average Bonchev–Trinajstić information content (AvgIpc) is 2.96. The Hall–Kier alpha value is -2.49. The van der Waals surface area contributed by atoms with Crippen molar-refractivity contribution in [3.63, 3.8) is 0 Å². The Labute approximate surface area is 158 Å². The predicted molar refractivity (Wildman–Crippen MR) is 101 cm³/mol. The lowest BCUT2D eigenvalue weighted by Gasteiger charge is -2.62. The van der Waals surface area contributed by atoms with E-state index >= 15 is 0 Å². The van der Waals surface area contributed by atoms with Crippen LogP contribution in [-0.4, -0.2) is 21.6 Å². The summed E-state index contributed by atoms with van der Waals surface area (Å²) < 4.78 is 6.31. The second-order valence-electron chi connectivity index (χ2n) is 9.11. The number of phenols is 2. The smallest absolute Gasteiger partial charge is 0.200 e. The number of benzene rings is 2. The molecule has 2 aromatic rings. The molecule has 0 radical (unpaired) electrons. The molecule has 2 aromatic carbocycles. The van der Waals surface area contributed by atoms with Crippen molar-refractivity contribution in [1.29, 1.82) is 0 Å². The van der Waals surface area contributed by atoms with Gasteiger partial charge in [-0.2, -0.15) is 0 Å². The van der Waals surface area contributed by atoms with Crippen LogP contribution in [-0.2, 0) is 0 Å². The monoisotopic (exact) mass is 364 g/mol. The molecule has 2 aliphatic carbocycles. The summed E-state index contributed by atoms with van der Waals surface area (Å²) in [5.41, 5.74) is 0.878. The number of hydrogen-bond acceptors (Lipinski definition) is 4. The van der Waals surface area contributed by atoms with Crippen LogP contribution in [0.3, 0.4) is 0 Å². The van der Waals surface area contributed by atoms with Crippen molar-refractivity contribution < 1.29 is 19.7 Å². The molecular weight excluding hydrogens is 340 g/mol. The largest absolute Gasteiger partial charge is 0.507 e. The Balaban J connectivity index is 1.70. The van der Waals surface area contributed by atoms with Gasteiger partial charge in [0.2, 0.25) is 5.78 Å². The van der Waals surface area contributed by atoms with Crippen molar-refractivity contribution >= 4 is 5.78 Å². The Morgan fingerprint density at radius 2 is 1.85 bits per heavy atom. The molecule has 1 heterocycles. The van der Waals surface area contributed by atoms with E-state index in [4.69, 9.17) is 4.74 Å². The summed E-state index contributed by atoms with van der Waals surface area (Å²) in [6.07, 6.45) is 2.09. The summed E-state index contributed by atoms with van der Waals surface area (Å²) in [7, 11) is 0. The van der Waals surface area contributed by atoms with Crippen molar-refractivity contribution in [2.24, 2.45) is 17.3 Å². The third-order valence-corrected chi connectivity index (χ3v) is 7.41. The van der Waals surface area contributed by atoms with Gasteiger partial charge in [-0.15, -0.1) is 0 Å². The van der Waals surface area contributed by atoms with Gasteiger partial charge in [0.25, 0.3) is 0 Å². The van der Waals surface area contributed by atoms with Crippen LogP contribution in [0.25, 0.3) is 0 Å². The van der Waals surface area contributed by atoms with Gasteiger partial charge in [0.05, 0.1) is 0 Å². The zero-order valence-corrected chi connectivity index (χ0v) is 15.8. The number of ether oxygens (including phenoxy) is 1. The summed E-state index contributed by atoms with van der Waals surface area (Å²) in [5, 5.41) is 21.7. The quantitative estimate of drug-likeness (QED) is 0.763. The lowest BCUT2D eigenvalue weighted by atomic mass is 9.45. The molecule has 0 unspecified atom stereocenters. The van der Waals surface area contributed by atoms with E-state index in [2.05, 4.69) is 20.8 Å². The summed E-state index contributed by atoms with van der Waals surface area (Å²) >= 11 is 0. The van der Waals surface area contributed by atoms with Gasteiger partial charge in [-0.25, -0.2) is 0 Å². The lowest BCUT2D eigenvalue weighted by Crippen LogP contribution is -2.59. The van der Waals surface area contributed by atoms with Gasteiger partial charge in [0.15, 0.2) is 0 Å². The number of ketones is 1. The van der Waals surface area contributed by atoms with E-state index in [0.717, 1.165) is 12.8 Å². The van der Waals surface area contributed by atoms with E-state index in [1.54, 1.807) is 24.3 Å². The summed E-state index contributed by atoms with van der Waals surface area (Å²) in [5.74, 6) is 0.825. The maximum absolute atomic E-state index is 13.0. The average molecular weight is 364 g/mol. The zero-order valence-electron chi connectivity index (χ0n) is 15.8. The molecule has 0 amide bonds. The topological polar surface area (TPSA) is 66.8 Å². The van der Waals surface area contributed by atoms with E-state index in [1.807, 2.05) is 6.07 Å². The standard InChI is InChI=1S/C23H24O4/c1-22(2)13-9-10-23(3)18(13)19(22)17-15(27-23)11-14(24)16(21(17)26)20(25)12-7-5-4-6-8-12/h4-8,11,13,18-19,24,26H,9-10H2,1-3H3/t13-,18-,19-,23+/m0/s1. The first kappa shape index (κ1) is 16.7. The number of rotatable bonds is 2. The SMILES string of the molecule is CC1(C)[C@H]2CC[C@@]3(C)Oc4cc(O)c(C(=O)c5ccccc5)c(O)c4[C@H]1[C@H]23. The summed E-state index contributed by atoms with van der Waals surface area (Å²) in [4.78, 5) is 13.0. The molecule has 27 heavy (non-hydrogen) atoms. The molecular formula is C23H24O4. The third kappa shape index (κ3) is 1.96. The van der Waals surface area contributed by atoms with Crippen LogP contribution in [0.1, 0.15) is 61.0 Å². The molecule has 4 heteroatoms. The minimum absolute atomic E-state index is 0.0237. The number of phenolic OH excluding ortho intramolecular Hbond substituents is 2. The highest BCUT2D eigenvalue weighted by Gasteiger charge is 2.69. The molecule has 140 valence electrons. The molecule has 0 spiro atoms. The van der Waals surface area contributed by atoms with Gasteiger partial charge < -0.3 is 14.9 Å². The first-order chi connectivity index (χ1) is 12.8. The van der Waals surface area contributed by atoms with E-state index in [-0.39, 0.29) is 39.8 Å². The molecule has 0 aromatic heterocycles. The van der Waals surface area contributed by atoms with Gasteiger partial charge in [-0.3, -0.25) is 4.79 Å². The highest BCUT2D eigenvalue weighted by Crippen LogP contribution is 2.74. The minimum Gasteiger partial charge on any atom is -0.507 e. The minimum atomic E-state index is -0.373. The van der Waals surface area contributed by atoms with Crippen LogP contribution < -0.4 is 4.74 Å². The van der Waals surface area contributed by atoms with E-state index in [1.165, 1.54) is 6.07 Å². The van der Waals surface area contributed by atoms with Gasteiger partial charge in [0, 0.05) is 29.0 Å². The number of aromatic hydroxyl groups is 2. The maximum atomic E-state index is 13.0. The van der Waals surface area contributed by atoms with Crippen molar-refractivity contribution in [3.8, 4) is 17.2 Å². The molecule has 1 aliphatic heterocycles. The molecule has 0 saturated heterocycles. The number of hydrogen-bond donors (Lipinski definition) is 2. The van der Waals surface area contributed by atoms with Crippen molar-refractivity contribution in [3.05, 3.63) is 53.1 Å². The second kappa shape index (κ2) is 5.06. The van der Waals surface area contributed by atoms with E-state index in [9.17, 15) is 15.0 Å². The van der Waals surface area contributed by atoms with E-state index in [0.29, 0.717) is 28.7 Å². The molecule has 2 fully saturated rings. The van der Waals surface area contributed by atoms with Crippen LogP contribution in [0.2, 0.25) is 0 Å². The van der Waals surface area contributed by atoms with Crippen LogP contribution in [0, 0.1) is 17.3 Å². The molecule has 2 N–H and O–H groups in total. The summed E-state index contributed by atoms with van der Waals surface area (Å²) in [6, 6.07) is 10.3. The van der Waals surface area contributed by atoms with Gasteiger partial charge in [-0.1, -0.05) is 44.2 Å². The van der Waals surface area contributed by atoms with E-state index < -0.39 is 0 Å². The molecule has 5 rings (SSSR count). The molecule has 0 bridgehead atoms. The zero-order chi connectivity index (χ0) is 19.1. The van der Waals surface area contributed by atoms with Gasteiger partial charge in [-0.05, 0) is 31.1 Å². The van der Waals surface area contributed by atoms with Crippen LogP contribution in [0.4, 0.5) is 0 Å². The maximum Gasteiger partial charge on any atom is 0.200 e. The Morgan fingerprint density at radius 3 is 2.56 bits per heavy atom. The molecule has 4 atom stereocenters. The van der Waals surface area contributed by atoms with Crippen LogP contribution in [0.5, 0.6) is 17.2 Å². The van der Waals surface area contributed by atoms with Crippen LogP contribution in [0.15, 0.2) is 36.4 Å². The highest BCUT2D eigenvalue weighted by atomic mass is 16.5. The van der Waals surface area contributed by atoms with Crippen molar-refractivity contribution in [2.45, 2.75) is 45.1 Å². The number of fused-ring (bicyclic) bond motifs is 2. The fourth-order valence-corrected chi connectivity index (χ4v) is 6.12. The highest BCUT2D eigenvalue weighted by molar-refractivity contribution is 6.12. The number of carbonyl (C=O) groups excluding carboxylic acids is 1. The third-order valence-electron chi connectivity index (χ3n) is 7.41. The normalized spacial score (nSPS) is 32.0. The second-order valence-corrected chi connectivity index (χ2v) is 9.11. The van der Waals surface area contributed by atoms with Crippen molar-refractivity contribution in [1.82, 2.24) is 0 Å².